The van der Waals surface area contributed by atoms with Crippen LogP contribution >= 0.6 is 11.8 Å². The van der Waals surface area contributed by atoms with Crippen molar-refractivity contribution in [3.8, 4) is 0 Å². The maximum Gasteiger partial charge on any atom is 0.191 e. The predicted molar refractivity (Wildman–Crippen MR) is 73.0 cm³/mol. The molecule has 0 spiro atoms. The number of aromatic nitrogens is 2. The molecule has 1 aromatic heterocycles. The van der Waals surface area contributed by atoms with Gasteiger partial charge in [0.25, 0.3) is 0 Å². The van der Waals surface area contributed by atoms with Gasteiger partial charge >= 0.3 is 0 Å². The van der Waals surface area contributed by atoms with Crippen molar-refractivity contribution < 1.29 is 4.74 Å². The van der Waals surface area contributed by atoms with Gasteiger partial charge in [0, 0.05) is 26.3 Å². The van der Waals surface area contributed by atoms with Crippen molar-refractivity contribution >= 4 is 23.4 Å². The summed E-state index contributed by atoms with van der Waals surface area (Å²) in [6.07, 6.45) is 3.04. The standard InChI is InChI=1S/C11H20N4OS/c1-4-5-12-9-8-10(13-6-7-16-2)15-11(14-9)17-3/h8H,4-7H2,1-3H3,(H2,12,13,14,15). The molecule has 1 rings (SSSR count). The van der Waals surface area contributed by atoms with E-state index in [1.165, 1.54) is 11.8 Å². The van der Waals surface area contributed by atoms with E-state index in [2.05, 4.69) is 27.5 Å². The van der Waals surface area contributed by atoms with Crippen molar-refractivity contribution in [3.05, 3.63) is 6.07 Å². The van der Waals surface area contributed by atoms with Crippen LogP contribution in [-0.2, 0) is 4.74 Å². The topological polar surface area (TPSA) is 59.1 Å². The molecular weight excluding hydrogens is 236 g/mol. The molecule has 96 valence electrons. The molecule has 0 unspecified atom stereocenters. The van der Waals surface area contributed by atoms with E-state index in [-0.39, 0.29) is 0 Å². The molecule has 5 nitrogen and oxygen atoms in total. The highest BCUT2D eigenvalue weighted by Crippen LogP contribution is 2.17. The molecule has 0 aliphatic rings. The molecule has 0 aliphatic heterocycles. The summed E-state index contributed by atoms with van der Waals surface area (Å²) >= 11 is 1.54. The Hall–Kier alpha value is -1.01. The van der Waals surface area contributed by atoms with Gasteiger partial charge in [0.05, 0.1) is 6.61 Å². The number of ether oxygens (including phenoxy) is 1. The second-order valence-corrected chi connectivity index (χ2v) is 4.24. The third-order valence-corrected chi connectivity index (χ3v) is 2.60. The molecule has 0 saturated carbocycles. The number of rotatable bonds is 8. The quantitative estimate of drug-likeness (QED) is 0.422. The van der Waals surface area contributed by atoms with Crippen molar-refractivity contribution in [3.63, 3.8) is 0 Å². The number of hydrogen-bond acceptors (Lipinski definition) is 6. The van der Waals surface area contributed by atoms with Crippen LogP contribution < -0.4 is 10.6 Å². The molecule has 0 saturated heterocycles. The van der Waals surface area contributed by atoms with Crippen molar-refractivity contribution in [2.75, 3.05) is 43.7 Å². The molecule has 1 heterocycles. The van der Waals surface area contributed by atoms with Gasteiger partial charge < -0.3 is 15.4 Å². The monoisotopic (exact) mass is 256 g/mol. The molecule has 0 radical (unpaired) electrons. The molecule has 1 aromatic rings. The second-order valence-electron chi connectivity index (χ2n) is 3.47. The third kappa shape index (κ3) is 5.23. The van der Waals surface area contributed by atoms with Crippen LogP contribution in [0.2, 0.25) is 0 Å². The minimum Gasteiger partial charge on any atom is -0.383 e. The Balaban J connectivity index is 2.67. The number of nitrogens with one attached hydrogen (secondary N) is 2. The van der Waals surface area contributed by atoms with Crippen LogP contribution in [0, 0.1) is 0 Å². The number of methoxy groups -OCH3 is 1. The van der Waals surface area contributed by atoms with Gasteiger partial charge in [-0.2, -0.15) is 0 Å². The van der Waals surface area contributed by atoms with Crippen molar-refractivity contribution in [2.24, 2.45) is 0 Å². The van der Waals surface area contributed by atoms with E-state index in [0.717, 1.165) is 36.3 Å². The van der Waals surface area contributed by atoms with Gasteiger partial charge in [0.1, 0.15) is 11.6 Å². The molecule has 0 amide bonds. The Morgan fingerprint density at radius 3 is 2.41 bits per heavy atom. The van der Waals surface area contributed by atoms with Crippen molar-refractivity contribution in [1.29, 1.82) is 0 Å². The highest BCUT2D eigenvalue weighted by atomic mass is 32.2. The molecule has 0 aliphatic carbocycles. The van der Waals surface area contributed by atoms with E-state index in [4.69, 9.17) is 4.74 Å². The molecule has 0 aromatic carbocycles. The lowest BCUT2D eigenvalue weighted by Crippen LogP contribution is -2.11. The largest absolute Gasteiger partial charge is 0.383 e. The molecular formula is C11H20N4OS. The van der Waals surface area contributed by atoms with Gasteiger partial charge in [-0.15, -0.1) is 0 Å². The molecule has 17 heavy (non-hydrogen) atoms. The predicted octanol–water partition coefficient (Wildman–Crippen LogP) is 2.08. The van der Waals surface area contributed by atoms with Crippen LogP contribution in [0.15, 0.2) is 11.2 Å². The Morgan fingerprint density at radius 2 is 1.88 bits per heavy atom. The summed E-state index contributed by atoms with van der Waals surface area (Å²) in [5.74, 6) is 1.70. The number of hydrogen-bond donors (Lipinski definition) is 2. The Kier molecular flexibility index (Phi) is 6.73. The van der Waals surface area contributed by atoms with Crippen LogP contribution in [0.5, 0.6) is 0 Å². The normalized spacial score (nSPS) is 10.3. The van der Waals surface area contributed by atoms with Crippen LogP contribution in [0.1, 0.15) is 13.3 Å². The lowest BCUT2D eigenvalue weighted by atomic mass is 10.4. The van der Waals surface area contributed by atoms with Crippen LogP contribution in [0.4, 0.5) is 11.6 Å². The minimum absolute atomic E-state index is 0.663. The summed E-state index contributed by atoms with van der Waals surface area (Å²) in [7, 11) is 1.68. The average molecular weight is 256 g/mol. The summed E-state index contributed by atoms with van der Waals surface area (Å²) < 4.78 is 4.99. The minimum atomic E-state index is 0.663. The molecule has 6 heteroatoms. The molecule has 2 N–H and O–H groups in total. The van der Waals surface area contributed by atoms with Crippen LogP contribution in [0.3, 0.4) is 0 Å². The van der Waals surface area contributed by atoms with Crippen molar-refractivity contribution in [2.45, 2.75) is 18.5 Å². The van der Waals surface area contributed by atoms with Crippen molar-refractivity contribution in [1.82, 2.24) is 9.97 Å². The highest BCUT2D eigenvalue weighted by Gasteiger charge is 2.03. The zero-order valence-corrected chi connectivity index (χ0v) is 11.4. The fourth-order valence-electron chi connectivity index (χ4n) is 1.23. The van der Waals surface area contributed by atoms with Gasteiger partial charge in [-0.05, 0) is 12.7 Å². The van der Waals surface area contributed by atoms with Crippen LogP contribution in [0.25, 0.3) is 0 Å². The fraction of sp³-hybridized carbons (Fsp3) is 0.636. The molecule has 0 atom stereocenters. The fourth-order valence-corrected chi connectivity index (χ4v) is 1.61. The first-order chi connectivity index (χ1) is 8.30. The van der Waals surface area contributed by atoms with E-state index < -0.39 is 0 Å². The molecule has 0 fully saturated rings. The Morgan fingerprint density at radius 1 is 1.24 bits per heavy atom. The summed E-state index contributed by atoms with van der Waals surface area (Å²) in [5, 5.41) is 7.24. The zero-order chi connectivity index (χ0) is 12.5. The lowest BCUT2D eigenvalue weighted by molar-refractivity contribution is 0.210. The van der Waals surface area contributed by atoms with E-state index in [1.54, 1.807) is 7.11 Å². The zero-order valence-electron chi connectivity index (χ0n) is 10.6. The second kappa shape index (κ2) is 8.14. The molecule has 0 bridgehead atoms. The smallest absolute Gasteiger partial charge is 0.191 e. The first-order valence-electron chi connectivity index (χ1n) is 5.70. The van der Waals surface area contributed by atoms with E-state index in [0.29, 0.717) is 6.61 Å². The van der Waals surface area contributed by atoms with Gasteiger partial charge in [-0.25, -0.2) is 9.97 Å². The summed E-state index contributed by atoms with van der Waals surface area (Å²) in [6.45, 7) is 4.45. The first-order valence-corrected chi connectivity index (χ1v) is 6.92. The Bertz CT molecular complexity index is 335. The van der Waals surface area contributed by atoms with Gasteiger partial charge in [0.2, 0.25) is 0 Å². The number of anilines is 2. The van der Waals surface area contributed by atoms with E-state index >= 15 is 0 Å². The lowest BCUT2D eigenvalue weighted by Gasteiger charge is -2.09. The maximum atomic E-state index is 4.99. The SMILES string of the molecule is CCCNc1cc(NCCOC)nc(SC)n1. The number of nitrogens with zero attached hydrogens (tertiary/aromatic N) is 2. The highest BCUT2D eigenvalue weighted by molar-refractivity contribution is 7.98. The average Bonchev–Trinajstić information content (AvgIpc) is 2.36. The summed E-state index contributed by atoms with van der Waals surface area (Å²) in [4.78, 5) is 8.76. The third-order valence-electron chi connectivity index (χ3n) is 2.06. The van der Waals surface area contributed by atoms with Crippen LogP contribution in [-0.4, -0.2) is 43.0 Å². The summed E-state index contributed by atoms with van der Waals surface area (Å²) in [6, 6.07) is 1.92. The summed E-state index contributed by atoms with van der Waals surface area (Å²) in [5.41, 5.74) is 0. The van der Waals surface area contributed by atoms with E-state index in [1.807, 2.05) is 12.3 Å². The Labute approximate surface area is 107 Å². The number of thioether (sulfide) groups is 1. The van der Waals surface area contributed by atoms with Gasteiger partial charge in [0.15, 0.2) is 5.16 Å². The van der Waals surface area contributed by atoms with E-state index in [9.17, 15) is 0 Å². The first kappa shape index (κ1) is 14.1. The maximum absolute atomic E-state index is 4.99. The van der Waals surface area contributed by atoms with Gasteiger partial charge in [-0.3, -0.25) is 0 Å². The van der Waals surface area contributed by atoms with Gasteiger partial charge in [-0.1, -0.05) is 18.7 Å².